The van der Waals surface area contributed by atoms with Crippen molar-refractivity contribution in [2.75, 3.05) is 33.4 Å². The first-order valence-corrected chi connectivity index (χ1v) is 7.78. The first-order chi connectivity index (χ1) is 11.0. The first kappa shape index (κ1) is 17.7. The maximum atomic E-state index is 12.4. The van der Waals surface area contributed by atoms with Crippen LogP contribution < -0.4 is 10.6 Å². The number of para-hydroxylation sites is 1. The van der Waals surface area contributed by atoms with Crippen LogP contribution in [0.2, 0.25) is 5.02 Å². The van der Waals surface area contributed by atoms with E-state index in [0.29, 0.717) is 13.2 Å². The lowest BCUT2D eigenvalue weighted by molar-refractivity contribution is -0.385. The molecule has 1 aliphatic heterocycles. The lowest BCUT2D eigenvalue weighted by atomic mass is 9.79. The molecule has 7 nitrogen and oxygen atoms in total. The van der Waals surface area contributed by atoms with Crippen LogP contribution >= 0.6 is 11.6 Å². The number of carbonyl (C=O) groups excluding carboxylic acids is 1. The highest BCUT2D eigenvalue weighted by Crippen LogP contribution is 2.30. The van der Waals surface area contributed by atoms with Crippen LogP contribution in [0.3, 0.4) is 0 Å². The SMILES string of the molecule is COCC1(CNC(=O)c2cccc(Cl)c2[N+](=O)[O-])CCNCC1. The summed E-state index contributed by atoms with van der Waals surface area (Å²) in [4.78, 5) is 22.9. The molecule has 0 saturated carbocycles. The number of carbonyl (C=O) groups is 1. The monoisotopic (exact) mass is 341 g/mol. The van der Waals surface area contributed by atoms with E-state index in [-0.39, 0.29) is 21.7 Å². The van der Waals surface area contributed by atoms with E-state index >= 15 is 0 Å². The van der Waals surface area contributed by atoms with E-state index in [1.807, 2.05) is 0 Å². The molecule has 0 unspecified atom stereocenters. The summed E-state index contributed by atoms with van der Waals surface area (Å²) in [6.07, 6.45) is 1.75. The van der Waals surface area contributed by atoms with Crippen LogP contribution in [0, 0.1) is 15.5 Å². The average molecular weight is 342 g/mol. The Morgan fingerprint density at radius 3 is 2.78 bits per heavy atom. The second kappa shape index (κ2) is 7.72. The van der Waals surface area contributed by atoms with Gasteiger partial charge in [0.1, 0.15) is 10.6 Å². The summed E-state index contributed by atoms with van der Waals surface area (Å²) in [5.74, 6) is -0.492. The number of methoxy groups -OCH3 is 1. The molecular formula is C15H20ClN3O4. The number of halogens is 1. The van der Waals surface area contributed by atoms with Crippen molar-refractivity contribution in [2.24, 2.45) is 5.41 Å². The second-order valence-electron chi connectivity index (χ2n) is 5.76. The van der Waals surface area contributed by atoms with Gasteiger partial charge in [-0.3, -0.25) is 14.9 Å². The number of amides is 1. The van der Waals surface area contributed by atoms with Crippen LogP contribution in [0.5, 0.6) is 0 Å². The van der Waals surface area contributed by atoms with E-state index in [2.05, 4.69) is 10.6 Å². The minimum atomic E-state index is -0.632. The van der Waals surface area contributed by atoms with Gasteiger partial charge in [-0.1, -0.05) is 17.7 Å². The Morgan fingerprint density at radius 2 is 2.17 bits per heavy atom. The van der Waals surface area contributed by atoms with Crippen molar-refractivity contribution >= 4 is 23.2 Å². The lowest BCUT2D eigenvalue weighted by Gasteiger charge is -2.37. The molecule has 2 rings (SSSR count). The molecule has 1 fully saturated rings. The van der Waals surface area contributed by atoms with E-state index in [1.54, 1.807) is 7.11 Å². The van der Waals surface area contributed by atoms with Gasteiger partial charge in [0.2, 0.25) is 0 Å². The van der Waals surface area contributed by atoms with Crippen molar-refractivity contribution in [3.05, 3.63) is 38.9 Å². The summed E-state index contributed by atoms with van der Waals surface area (Å²) < 4.78 is 5.30. The molecule has 1 amide bonds. The van der Waals surface area contributed by atoms with Gasteiger partial charge in [-0.2, -0.15) is 0 Å². The highest BCUT2D eigenvalue weighted by molar-refractivity contribution is 6.33. The predicted octanol–water partition coefficient (Wildman–Crippen LogP) is 1.99. The molecule has 23 heavy (non-hydrogen) atoms. The van der Waals surface area contributed by atoms with E-state index in [0.717, 1.165) is 25.9 Å². The van der Waals surface area contributed by atoms with Gasteiger partial charge in [-0.15, -0.1) is 0 Å². The van der Waals surface area contributed by atoms with Gasteiger partial charge in [0, 0.05) is 19.1 Å². The molecule has 1 aliphatic rings. The summed E-state index contributed by atoms with van der Waals surface area (Å²) in [6, 6.07) is 4.33. The smallest absolute Gasteiger partial charge is 0.300 e. The van der Waals surface area contributed by atoms with E-state index in [1.165, 1.54) is 18.2 Å². The van der Waals surface area contributed by atoms with Crippen molar-refractivity contribution in [1.82, 2.24) is 10.6 Å². The number of nitrogens with zero attached hydrogens (tertiary/aromatic N) is 1. The zero-order chi connectivity index (χ0) is 16.9. The first-order valence-electron chi connectivity index (χ1n) is 7.40. The van der Waals surface area contributed by atoms with Crippen LogP contribution in [0.1, 0.15) is 23.2 Å². The Balaban J connectivity index is 2.13. The number of rotatable bonds is 6. The molecule has 0 aromatic heterocycles. The van der Waals surface area contributed by atoms with Crippen LogP contribution in [0.25, 0.3) is 0 Å². The molecular weight excluding hydrogens is 322 g/mol. The van der Waals surface area contributed by atoms with Gasteiger partial charge in [0.15, 0.2) is 0 Å². The maximum absolute atomic E-state index is 12.4. The van der Waals surface area contributed by atoms with Crippen molar-refractivity contribution in [3.8, 4) is 0 Å². The number of nitro groups is 1. The van der Waals surface area contributed by atoms with Crippen molar-refractivity contribution in [3.63, 3.8) is 0 Å². The quantitative estimate of drug-likeness (QED) is 0.609. The summed E-state index contributed by atoms with van der Waals surface area (Å²) in [6.45, 7) is 2.66. The molecule has 1 heterocycles. The van der Waals surface area contributed by atoms with Gasteiger partial charge in [-0.25, -0.2) is 0 Å². The van der Waals surface area contributed by atoms with Crippen molar-refractivity contribution in [1.29, 1.82) is 0 Å². The van der Waals surface area contributed by atoms with Gasteiger partial charge in [0.25, 0.3) is 5.91 Å². The standard InChI is InChI=1S/C15H20ClN3O4/c1-23-10-15(5-7-17-8-6-15)9-18-14(20)11-3-2-4-12(16)13(11)19(21)22/h2-4,17H,5-10H2,1H3,(H,18,20). The minimum absolute atomic E-state index is 0.0241. The van der Waals surface area contributed by atoms with Crippen LogP contribution in [-0.4, -0.2) is 44.2 Å². The Hall–Kier alpha value is -1.70. The highest BCUT2D eigenvalue weighted by Gasteiger charge is 2.33. The number of piperidine rings is 1. The minimum Gasteiger partial charge on any atom is -0.384 e. The zero-order valence-corrected chi connectivity index (χ0v) is 13.7. The maximum Gasteiger partial charge on any atom is 0.300 e. The molecule has 8 heteroatoms. The molecule has 0 atom stereocenters. The fourth-order valence-electron chi connectivity index (χ4n) is 2.88. The average Bonchev–Trinajstić information content (AvgIpc) is 2.53. The molecule has 0 aliphatic carbocycles. The highest BCUT2D eigenvalue weighted by atomic mass is 35.5. The van der Waals surface area contributed by atoms with Gasteiger partial charge in [0.05, 0.1) is 11.5 Å². The van der Waals surface area contributed by atoms with Crippen LogP contribution in [-0.2, 0) is 4.74 Å². The normalized spacial score (nSPS) is 16.8. The molecule has 1 aromatic rings. The fraction of sp³-hybridized carbons (Fsp3) is 0.533. The van der Waals surface area contributed by atoms with Gasteiger partial charge >= 0.3 is 5.69 Å². The molecule has 0 radical (unpaired) electrons. The van der Waals surface area contributed by atoms with Crippen LogP contribution in [0.4, 0.5) is 5.69 Å². The topological polar surface area (TPSA) is 93.5 Å². The predicted molar refractivity (Wildman–Crippen MR) is 86.9 cm³/mol. The number of nitrogens with one attached hydrogen (secondary N) is 2. The Labute approximate surface area is 139 Å². The lowest BCUT2D eigenvalue weighted by Crippen LogP contribution is -2.47. The molecule has 1 saturated heterocycles. The fourth-order valence-corrected chi connectivity index (χ4v) is 3.13. The zero-order valence-electron chi connectivity index (χ0n) is 12.9. The third-order valence-corrected chi connectivity index (χ3v) is 4.46. The number of ether oxygens (including phenoxy) is 1. The van der Waals surface area contributed by atoms with Gasteiger partial charge in [-0.05, 0) is 38.1 Å². The molecule has 2 N–H and O–H groups in total. The second-order valence-corrected chi connectivity index (χ2v) is 6.17. The third-order valence-electron chi connectivity index (χ3n) is 4.15. The van der Waals surface area contributed by atoms with Gasteiger partial charge < -0.3 is 15.4 Å². The van der Waals surface area contributed by atoms with E-state index < -0.39 is 10.8 Å². The Bertz CT molecular complexity index is 583. The summed E-state index contributed by atoms with van der Waals surface area (Å²) >= 11 is 5.84. The van der Waals surface area contributed by atoms with E-state index in [9.17, 15) is 14.9 Å². The molecule has 0 spiro atoms. The van der Waals surface area contributed by atoms with Crippen molar-refractivity contribution < 1.29 is 14.5 Å². The third kappa shape index (κ3) is 4.19. The summed E-state index contributed by atoms with van der Waals surface area (Å²) in [5, 5.41) is 17.2. The van der Waals surface area contributed by atoms with Crippen molar-refractivity contribution in [2.45, 2.75) is 12.8 Å². The number of hydrogen-bond acceptors (Lipinski definition) is 5. The number of benzene rings is 1. The molecule has 126 valence electrons. The van der Waals surface area contributed by atoms with Crippen LogP contribution in [0.15, 0.2) is 18.2 Å². The van der Waals surface area contributed by atoms with E-state index in [4.69, 9.17) is 16.3 Å². The molecule has 0 bridgehead atoms. The summed E-state index contributed by atoms with van der Waals surface area (Å²) in [5.41, 5.74) is -0.537. The number of nitro benzene ring substituents is 1. The Morgan fingerprint density at radius 1 is 1.48 bits per heavy atom. The largest absolute Gasteiger partial charge is 0.384 e. The molecule has 1 aromatic carbocycles. The Kier molecular flexibility index (Phi) is 5.92. The summed E-state index contributed by atoms with van der Waals surface area (Å²) in [7, 11) is 1.63. The number of hydrogen-bond donors (Lipinski definition) is 2.